The van der Waals surface area contributed by atoms with Gasteiger partial charge in [-0.05, 0) is 11.6 Å². The van der Waals surface area contributed by atoms with Crippen molar-refractivity contribution in [3.05, 3.63) is 49.1 Å². The maximum Gasteiger partial charge on any atom is 0.162 e. The van der Waals surface area contributed by atoms with Crippen LogP contribution in [0.15, 0.2) is 43.5 Å². The number of rotatable bonds is 2. The first kappa shape index (κ1) is 8.56. The maximum atomic E-state index is 4.07. The van der Waals surface area contributed by atoms with Gasteiger partial charge in [0.25, 0.3) is 0 Å². The monoisotopic (exact) mass is 183 g/mol. The lowest BCUT2D eigenvalue weighted by molar-refractivity contribution is 1.06. The second-order valence-corrected chi connectivity index (χ2v) is 2.79. The van der Waals surface area contributed by atoms with Crippen molar-refractivity contribution in [3.8, 4) is 11.4 Å². The molecular formula is C11H9N3. The zero-order valence-electron chi connectivity index (χ0n) is 7.59. The molecule has 14 heavy (non-hydrogen) atoms. The summed E-state index contributed by atoms with van der Waals surface area (Å²) in [6.45, 7) is 3.71. The van der Waals surface area contributed by atoms with Crippen molar-refractivity contribution in [2.45, 2.75) is 0 Å². The van der Waals surface area contributed by atoms with E-state index in [0.717, 1.165) is 11.1 Å². The fourth-order valence-corrected chi connectivity index (χ4v) is 1.19. The molecule has 0 bridgehead atoms. The van der Waals surface area contributed by atoms with Gasteiger partial charge in [-0.3, -0.25) is 0 Å². The van der Waals surface area contributed by atoms with Gasteiger partial charge in [-0.1, -0.05) is 30.9 Å². The van der Waals surface area contributed by atoms with E-state index in [0.29, 0.717) is 5.82 Å². The standard InChI is InChI=1S/C11H9N3/c1-2-9-4-3-5-10(6-9)11-13-7-12-8-14-11/h2-8H,1H2. The van der Waals surface area contributed by atoms with Crippen LogP contribution in [0.3, 0.4) is 0 Å². The molecule has 0 aliphatic rings. The SMILES string of the molecule is C=Cc1cccc(-c2ncncn2)c1. The van der Waals surface area contributed by atoms with Gasteiger partial charge in [-0.2, -0.15) is 0 Å². The minimum atomic E-state index is 0.684. The predicted molar refractivity (Wildman–Crippen MR) is 55.4 cm³/mol. The lowest BCUT2D eigenvalue weighted by Crippen LogP contribution is -1.88. The molecule has 0 N–H and O–H groups in total. The topological polar surface area (TPSA) is 38.7 Å². The summed E-state index contributed by atoms with van der Waals surface area (Å²) >= 11 is 0. The first-order valence-corrected chi connectivity index (χ1v) is 4.25. The highest BCUT2D eigenvalue weighted by Gasteiger charge is 1.99. The summed E-state index contributed by atoms with van der Waals surface area (Å²) in [7, 11) is 0. The molecule has 0 radical (unpaired) electrons. The van der Waals surface area contributed by atoms with Crippen molar-refractivity contribution >= 4 is 6.08 Å². The van der Waals surface area contributed by atoms with Gasteiger partial charge >= 0.3 is 0 Å². The Morgan fingerprint density at radius 3 is 2.64 bits per heavy atom. The smallest absolute Gasteiger partial charge is 0.162 e. The number of benzene rings is 1. The van der Waals surface area contributed by atoms with E-state index in [1.807, 2.05) is 24.3 Å². The molecule has 2 rings (SSSR count). The Morgan fingerprint density at radius 1 is 1.14 bits per heavy atom. The van der Waals surface area contributed by atoms with Gasteiger partial charge in [0.15, 0.2) is 5.82 Å². The van der Waals surface area contributed by atoms with Crippen molar-refractivity contribution in [1.29, 1.82) is 0 Å². The van der Waals surface area contributed by atoms with Crippen molar-refractivity contribution in [2.75, 3.05) is 0 Å². The Kier molecular flexibility index (Phi) is 2.32. The Hall–Kier alpha value is -2.03. The van der Waals surface area contributed by atoms with E-state index in [4.69, 9.17) is 0 Å². The van der Waals surface area contributed by atoms with Gasteiger partial charge in [0.2, 0.25) is 0 Å². The average molecular weight is 183 g/mol. The van der Waals surface area contributed by atoms with Crippen molar-refractivity contribution < 1.29 is 0 Å². The second kappa shape index (κ2) is 3.79. The molecule has 0 saturated carbocycles. The minimum Gasteiger partial charge on any atom is -0.225 e. The van der Waals surface area contributed by atoms with Gasteiger partial charge in [0.05, 0.1) is 0 Å². The van der Waals surface area contributed by atoms with E-state index in [1.54, 1.807) is 6.08 Å². The molecule has 0 aliphatic heterocycles. The van der Waals surface area contributed by atoms with Crippen molar-refractivity contribution in [3.63, 3.8) is 0 Å². The molecule has 0 atom stereocenters. The van der Waals surface area contributed by atoms with Crippen LogP contribution in [0.1, 0.15) is 5.56 Å². The molecule has 1 aromatic heterocycles. The minimum absolute atomic E-state index is 0.684. The lowest BCUT2D eigenvalue weighted by Gasteiger charge is -1.99. The van der Waals surface area contributed by atoms with Crippen LogP contribution in [0.25, 0.3) is 17.5 Å². The summed E-state index contributed by atoms with van der Waals surface area (Å²) in [5, 5.41) is 0. The van der Waals surface area contributed by atoms with Crippen molar-refractivity contribution in [1.82, 2.24) is 15.0 Å². The van der Waals surface area contributed by atoms with Gasteiger partial charge < -0.3 is 0 Å². The molecule has 0 fully saturated rings. The maximum absolute atomic E-state index is 4.07. The third kappa shape index (κ3) is 1.66. The normalized spacial score (nSPS) is 9.71. The molecule has 68 valence electrons. The van der Waals surface area contributed by atoms with Crippen LogP contribution in [0, 0.1) is 0 Å². The van der Waals surface area contributed by atoms with E-state index < -0.39 is 0 Å². The summed E-state index contributed by atoms with van der Waals surface area (Å²) in [6, 6.07) is 7.89. The summed E-state index contributed by atoms with van der Waals surface area (Å²) < 4.78 is 0. The van der Waals surface area contributed by atoms with Crippen LogP contribution in [0.5, 0.6) is 0 Å². The number of aromatic nitrogens is 3. The van der Waals surface area contributed by atoms with Crippen LogP contribution in [-0.2, 0) is 0 Å². The first-order chi connectivity index (χ1) is 6.90. The second-order valence-electron chi connectivity index (χ2n) is 2.79. The van der Waals surface area contributed by atoms with Gasteiger partial charge in [-0.15, -0.1) is 0 Å². The van der Waals surface area contributed by atoms with Gasteiger partial charge in [-0.25, -0.2) is 15.0 Å². The number of nitrogens with zero attached hydrogens (tertiary/aromatic N) is 3. The molecule has 3 nitrogen and oxygen atoms in total. The summed E-state index contributed by atoms with van der Waals surface area (Å²) in [5.74, 6) is 0.684. The zero-order chi connectivity index (χ0) is 9.80. The van der Waals surface area contributed by atoms with Crippen LogP contribution >= 0.6 is 0 Å². The van der Waals surface area contributed by atoms with E-state index in [1.165, 1.54) is 12.7 Å². The van der Waals surface area contributed by atoms with E-state index >= 15 is 0 Å². The third-order valence-corrected chi connectivity index (χ3v) is 1.87. The molecule has 1 aromatic carbocycles. The molecule has 3 heteroatoms. The van der Waals surface area contributed by atoms with Crippen LogP contribution < -0.4 is 0 Å². The van der Waals surface area contributed by atoms with Crippen LogP contribution in [0.2, 0.25) is 0 Å². The average Bonchev–Trinajstić information content (AvgIpc) is 2.30. The molecule has 1 heterocycles. The highest BCUT2D eigenvalue weighted by atomic mass is 15.0. The Balaban J connectivity index is 2.47. The van der Waals surface area contributed by atoms with Crippen molar-refractivity contribution in [2.24, 2.45) is 0 Å². The van der Waals surface area contributed by atoms with Gasteiger partial charge in [0, 0.05) is 5.56 Å². The summed E-state index contributed by atoms with van der Waals surface area (Å²) in [4.78, 5) is 11.9. The van der Waals surface area contributed by atoms with E-state index in [-0.39, 0.29) is 0 Å². The lowest BCUT2D eigenvalue weighted by atomic mass is 10.1. The van der Waals surface area contributed by atoms with Gasteiger partial charge in [0.1, 0.15) is 12.7 Å². The predicted octanol–water partition coefficient (Wildman–Crippen LogP) is 2.18. The molecule has 0 unspecified atom stereocenters. The third-order valence-electron chi connectivity index (χ3n) is 1.87. The van der Waals surface area contributed by atoms with Crippen LogP contribution in [0.4, 0.5) is 0 Å². The Labute approximate surface area is 82.2 Å². The quantitative estimate of drug-likeness (QED) is 0.716. The Bertz CT molecular complexity index is 437. The zero-order valence-corrected chi connectivity index (χ0v) is 7.59. The summed E-state index contributed by atoms with van der Waals surface area (Å²) in [5.41, 5.74) is 2.03. The summed E-state index contributed by atoms with van der Waals surface area (Å²) in [6.07, 6.45) is 4.77. The fourth-order valence-electron chi connectivity index (χ4n) is 1.19. The van der Waals surface area contributed by atoms with E-state index in [9.17, 15) is 0 Å². The highest BCUT2D eigenvalue weighted by molar-refractivity contribution is 5.60. The molecule has 2 aromatic rings. The van der Waals surface area contributed by atoms with E-state index in [2.05, 4.69) is 21.5 Å². The Morgan fingerprint density at radius 2 is 1.93 bits per heavy atom. The molecule has 0 saturated heterocycles. The number of hydrogen-bond donors (Lipinski definition) is 0. The molecule has 0 spiro atoms. The molecule has 0 amide bonds. The largest absolute Gasteiger partial charge is 0.225 e. The molecular weight excluding hydrogens is 174 g/mol. The molecule has 0 aliphatic carbocycles. The first-order valence-electron chi connectivity index (χ1n) is 4.25. The van der Waals surface area contributed by atoms with Crippen LogP contribution in [-0.4, -0.2) is 15.0 Å². The number of hydrogen-bond acceptors (Lipinski definition) is 3. The highest BCUT2D eigenvalue weighted by Crippen LogP contribution is 2.15. The fraction of sp³-hybridized carbons (Fsp3) is 0.